The summed E-state index contributed by atoms with van der Waals surface area (Å²) in [6, 6.07) is 91.2. The van der Waals surface area contributed by atoms with Crippen LogP contribution in [0.4, 0.5) is 0 Å². The molecule has 17 rings (SSSR count). The van der Waals surface area contributed by atoms with Gasteiger partial charge >= 0.3 is 0 Å². The molecule has 0 spiro atoms. The number of benzene rings is 13. The average Bonchev–Trinajstić information content (AvgIpc) is 4.24. The van der Waals surface area contributed by atoms with Crippen molar-refractivity contribution in [2.45, 2.75) is 0 Å². The van der Waals surface area contributed by atoms with Crippen molar-refractivity contribution in [3.63, 3.8) is 0 Å². The molecule has 0 amide bonds. The van der Waals surface area contributed by atoms with E-state index in [2.05, 4.69) is 301 Å². The highest BCUT2D eigenvalue weighted by Crippen LogP contribution is 2.39. The van der Waals surface area contributed by atoms with E-state index in [1.165, 1.54) is 141 Å². The second-order valence-electron chi connectivity index (χ2n) is 20.2. The number of hydrogen-bond donors (Lipinski definition) is 0. The van der Waals surface area contributed by atoms with Crippen molar-refractivity contribution in [3.05, 3.63) is 255 Å². The first-order valence-electron chi connectivity index (χ1n) is 26.2. The first kappa shape index (κ1) is 45.0. The van der Waals surface area contributed by atoms with Crippen molar-refractivity contribution in [3.8, 4) is 0 Å². The fourth-order valence-corrected chi connectivity index (χ4v) is 12.5. The summed E-state index contributed by atoms with van der Waals surface area (Å²) in [4.78, 5) is 0. The molecule has 4 heterocycles. The SMILES string of the molecule is Cn1c2ccc3ccccc3c2c2c3ccccc3ccc21.Cn1c2ccccc2c2c3ccccc3ccc21.Cn1c2ccccc2c2cc3ccccc3cc21.Cn1c2ccccc2c2ccc3ccccc3c21. The monoisotopic (exact) mass is 974 g/mol. The summed E-state index contributed by atoms with van der Waals surface area (Å²) >= 11 is 0. The van der Waals surface area contributed by atoms with Crippen LogP contribution in [0.5, 0.6) is 0 Å². The van der Waals surface area contributed by atoms with Crippen molar-refractivity contribution in [1.29, 1.82) is 0 Å². The first-order valence-corrected chi connectivity index (χ1v) is 26.2. The van der Waals surface area contributed by atoms with E-state index in [4.69, 9.17) is 0 Å². The van der Waals surface area contributed by atoms with Crippen LogP contribution in [0.3, 0.4) is 0 Å². The number of para-hydroxylation sites is 3. The zero-order valence-electron chi connectivity index (χ0n) is 43.0. The minimum atomic E-state index is 1.29. The van der Waals surface area contributed by atoms with Crippen LogP contribution < -0.4 is 0 Å². The lowest BCUT2D eigenvalue weighted by molar-refractivity contribution is 1.01. The van der Waals surface area contributed by atoms with E-state index in [9.17, 15) is 0 Å². The summed E-state index contributed by atoms with van der Waals surface area (Å²) < 4.78 is 9.16. The molecule has 0 N–H and O–H groups in total. The Bertz CT molecular complexity index is 4990. The Kier molecular flexibility index (Phi) is 10.7. The van der Waals surface area contributed by atoms with E-state index in [-0.39, 0.29) is 0 Å². The van der Waals surface area contributed by atoms with Crippen LogP contribution in [0.1, 0.15) is 0 Å². The lowest BCUT2D eigenvalue weighted by Gasteiger charge is -2.02. The number of rotatable bonds is 0. The molecule has 0 atom stereocenters. The highest BCUT2D eigenvalue weighted by molar-refractivity contribution is 6.28. The van der Waals surface area contributed by atoms with E-state index in [1.807, 2.05) is 0 Å². The maximum absolute atomic E-state index is 2.31. The Morgan fingerprint density at radius 3 is 1.05 bits per heavy atom. The third-order valence-corrected chi connectivity index (χ3v) is 16.2. The second kappa shape index (κ2) is 18.1. The maximum atomic E-state index is 2.31. The third-order valence-electron chi connectivity index (χ3n) is 16.2. The van der Waals surface area contributed by atoms with E-state index in [0.717, 1.165) is 0 Å². The van der Waals surface area contributed by atoms with Crippen LogP contribution in [0.15, 0.2) is 255 Å². The van der Waals surface area contributed by atoms with Gasteiger partial charge in [-0.3, -0.25) is 0 Å². The van der Waals surface area contributed by atoms with Gasteiger partial charge in [-0.05, 0) is 97.0 Å². The quantitative estimate of drug-likeness (QED) is 0.144. The Hall–Kier alpha value is -9.64. The molecule has 0 radical (unpaired) electrons. The van der Waals surface area contributed by atoms with Gasteiger partial charge in [-0.1, -0.05) is 206 Å². The number of aryl methyl sites for hydroxylation is 4. The van der Waals surface area contributed by atoms with Gasteiger partial charge in [0.2, 0.25) is 0 Å². The Balaban J connectivity index is 0.0000000930. The molecule has 13 aromatic carbocycles. The van der Waals surface area contributed by atoms with Crippen LogP contribution in [0.25, 0.3) is 141 Å². The smallest absolute Gasteiger partial charge is 0.0568 e. The average molecular weight is 975 g/mol. The zero-order chi connectivity index (χ0) is 51.0. The van der Waals surface area contributed by atoms with E-state index < -0.39 is 0 Å². The molecule has 0 unspecified atom stereocenters. The summed E-state index contributed by atoms with van der Waals surface area (Å²) in [5.41, 5.74) is 10.4. The van der Waals surface area contributed by atoms with Gasteiger partial charge in [0.05, 0.1) is 5.52 Å². The fourth-order valence-electron chi connectivity index (χ4n) is 12.5. The molecule has 4 aromatic heterocycles. The summed E-state index contributed by atoms with van der Waals surface area (Å²) in [5, 5.41) is 23.9. The summed E-state index contributed by atoms with van der Waals surface area (Å²) in [5.74, 6) is 0. The van der Waals surface area contributed by atoms with Gasteiger partial charge in [0.1, 0.15) is 0 Å². The number of nitrogens with zero attached hydrogens (tertiary/aromatic N) is 4. The Morgan fingerprint density at radius 2 is 0.513 bits per heavy atom. The fraction of sp³-hybridized carbons (Fsp3) is 0.0556. The minimum Gasteiger partial charge on any atom is -0.344 e. The summed E-state index contributed by atoms with van der Waals surface area (Å²) in [7, 11) is 8.59. The molecule has 0 saturated heterocycles. The van der Waals surface area contributed by atoms with E-state index in [1.54, 1.807) is 0 Å². The Morgan fingerprint density at radius 1 is 0.184 bits per heavy atom. The molecule has 76 heavy (non-hydrogen) atoms. The van der Waals surface area contributed by atoms with Gasteiger partial charge < -0.3 is 18.3 Å². The molecule has 0 aliphatic heterocycles. The first-order chi connectivity index (χ1) is 37.4. The van der Waals surface area contributed by atoms with Crippen LogP contribution in [0.2, 0.25) is 0 Å². The molecule has 4 heteroatoms. The van der Waals surface area contributed by atoms with Crippen LogP contribution >= 0.6 is 0 Å². The molecule has 0 fully saturated rings. The lowest BCUT2D eigenvalue weighted by Crippen LogP contribution is -1.87. The predicted octanol–water partition coefficient (Wildman–Crippen LogP) is 19.1. The molecular formula is C72H54N4. The van der Waals surface area contributed by atoms with Crippen molar-refractivity contribution >= 4 is 141 Å². The standard InChI is InChI=1S/C21H15N.3C17H13N/c1-22-18-12-10-14-6-2-4-8-16(14)20(18)21-17-9-5-3-7-15(17)11-13-19(21)22;1-18-16-9-5-4-8-14(16)15-10-12-6-2-3-7-13(12)11-17(15)18;1-18-16-9-5-4-8-14(16)15-11-10-12-6-2-3-7-13(12)17(15)18;1-18-15-9-5-4-8-14(15)17-13-7-3-2-6-12(13)10-11-16(17)18/h2-13H,1H3;3*2-11H,1H3. The van der Waals surface area contributed by atoms with Crippen LogP contribution in [-0.4, -0.2) is 18.3 Å². The maximum Gasteiger partial charge on any atom is 0.0568 e. The van der Waals surface area contributed by atoms with Crippen molar-refractivity contribution in [2.75, 3.05) is 0 Å². The molecule has 362 valence electrons. The number of fused-ring (bicyclic) bond motifs is 21. The topological polar surface area (TPSA) is 19.7 Å². The Labute approximate surface area is 440 Å². The normalized spacial score (nSPS) is 11.7. The van der Waals surface area contributed by atoms with Crippen LogP contribution in [0, 0.1) is 0 Å². The van der Waals surface area contributed by atoms with E-state index in [0.29, 0.717) is 0 Å². The highest BCUT2D eigenvalue weighted by Gasteiger charge is 2.15. The van der Waals surface area contributed by atoms with Crippen LogP contribution in [-0.2, 0) is 28.2 Å². The molecule has 4 nitrogen and oxygen atoms in total. The molecule has 0 saturated carbocycles. The van der Waals surface area contributed by atoms with Gasteiger partial charge in [-0.15, -0.1) is 0 Å². The molecule has 17 aromatic rings. The van der Waals surface area contributed by atoms with E-state index >= 15 is 0 Å². The van der Waals surface area contributed by atoms with Gasteiger partial charge in [0.15, 0.2) is 0 Å². The predicted molar refractivity (Wildman–Crippen MR) is 329 cm³/mol. The van der Waals surface area contributed by atoms with Crippen molar-refractivity contribution in [1.82, 2.24) is 18.3 Å². The third kappa shape index (κ3) is 7.13. The molecule has 0 aliphatic rings. The zero-order valence-corrected chi connectivity index (χ0v) is 43.0. The molecular weight excluding hydrogens is 921 g/mol. The summed E-state index contributed by atoms with van der Waals surface area (Å²) in [6.07, 6.45) is 0. The van der Waals surface area contributed by atoms with Crippen molar-refractivity contribution in [2.24, 2.45) is 28.2 Å². The number of aromatic nitrogens is 4. The van der Waals surface area contributed by atoms with Gasteiger partial charge in [-0.2, -0.15) is 0 Å². The van der Waals surface area contributed by atoms with Crippen molar-refractivity contribution < 1.29 is 0 Å². The van der Waals surface area contributed by atoms with Gasteiger partial charge in [-0.25, -0.2) is 0 Å². The van der Waals surface area contributed by atoms with Gasteiger partial charge in [0, 0.05) is 115 Å². The molecule has 0 aliphatic carbocycles. The number of hydrogen-bond acceptors (Lipinski definition) is 0. The second-order valence-corrected chi connectivity index (χ2v) is 20.2. The lowest BCUT2D eigenvalue weighted by atomic mass is 10.00. The summed E-state index contributed by atoms with van der Waals surface area (Å²) in [6.45, 7) is 0. The molecule has 0 bridgehead atoms. The highest BCUT2D eigenvalue weighted by atomic mass is 15.0. The largest absolute Gasteiger partial charge is 0.344 e. The minimum absolute atomic E-state index is 1.29. The van der Waals surface area contributed by atoms with Gasteiger partial charge in [0.25, 0.3) is 0 Å².